The van der Waals surface area contributed by atoms with Gasteiger partial charge >= 0.3 is 0 Å². The van der Waals surface area contributed by atoms with Crippen LogP contribution in [0.1, 0.15) is 72.1 Å². The van der Waals surface area contributed by atoms with E-state index in [-0.39, 0.29) is 10.8 Å². The Morgan fingerprint density at radius 2 is 2.04 bits per heavy atom. The maximum Gasteiger partial charge on any atom is 0.155 e. The minimum Gasteiger partial charge on any atom is -0.295 e. The summed E-state index contributed by atoms with van der Waals surface area (Å²) in [6.45, 7) is 11.6. The van der Waals surface area contributed by atoms with Crippen molar-refractivity contribution in [1.29, 1.82) is 0 Å². The molecular weight excluding hydrogens is 316 g/mol. The largest absolute Gasteiger partial charge is 0.295 e. The van der Waals surface area contributed by atoms with E-state index in [1.807, 2.05) is 6.08 Å². The number of ketones is 1. The van der Waals surface area contributed by atoms with E-state index in [2.05, 4.69) is 45.6 Å². The first kappa shape index (κ1) is 18.3. The lowest BCUT2D eigenvalue weighted by Gasteiger charge is -2.56. The second kappa shape index (κ2) is 6.50. The minimum atomic E-state index is 0.262. The first-order valence-corrected chi connectivity index (χ1v) is 11.0. The third-order valence-electron chi connectivity index (χ3n) is 8.81. The molecule has 0 saturated heterocycles. The summed E-state index contributed by atoms with van der Waals surface area (Å²) in [4.78, 5) is 11.9. The Kier molecular flexibility index (Phi) is 4.56. The summed E-state index contributed by atoms with van der Waals surface area (Å²) >= 11 is 0. The molecule has 0 N–H and O–H groups in total. The number of hydrogen-bond donors (Lipinski definition) is 0. The molecule has 0 radical (unpaired) electrons. The molecular formula is C25H36O. The molecule has 0 aromatic carbocycles. The van der Waals surface area contributed by atoms with Crippen LogP contribution in [-0.4, -0.2) is 5.78 Å². The number of allylic oxidation sites excluding steroid dienone is 4. The first-order valence-electron chi connectivity index (χ1n) is 11.0. The molecule has 0 aromatic heterocycles. The summed E-state index contributed by atoms with van der Waals surface area (Å²) in [6, 6.07) is 0. The van der Waals surface area contributed by atoms with E-state index in [9.17, 15) is 4.79 Å². The Morgan fingerprint density at radius 3 is 2.77 bits per heavy atom. The van der Waals surface area contributed by atoms with Crippen molar-refractivity contribution in [2.45, 2.75) is 72.1 Å². The Bertz CT molecular complexity index is 655. The van der Waals surface area contributed by atoms with Gasteiger partial charge < -0.3 is 0 Å². The predicted octanol–water partition coefficient (Wildman–Crippen LogP) is 6.51. The van der Waals surface area contributed by atoms with Gasteiger partial charge in [-0.05, 0) is 86.0 Å². The van der Waals surface area contributed by atoms with Gasteiger partial charge in [0.25, 0.3) is 0 Å². The highest BCUT2D eigenvalue weighted by atomic mass is 16.1. The van der Waals surface area contributed by atoms with Crippen molar-refractivity contribution in [3.63, 3.8) is 0 Å². The molecule has 1 heteroatoms. The molecule has 0 bridgehead atoms. The number of carbonyl (C=O) groups is 1. The van der Waals surface area contributed by atoms with E-state index < -0.39 is 0 Å². The second-order valence-electron chi connectivity index (χ2n) is 9.92. The van der Waals surface area contributed by atoms with Crippen LogP contribution < -0.4 is 0 Å². The van der Waals surface area contributed by atoms with Crippen molar-refractivity contribution in [3.05, 3.63) is 36.5 Å². The van der Waals surface area contributed by atoms with Gasteiger partial charge in [0.1, 0.15) is 0 Å². The zero-order chi connectivity index (χ0) is 18.5. The molecule has 0 aromatic rings. The second-order valence-corrected chi connectivity index (χ2v) is 9.92. The predicted molar refractivity (Wildman–Crippen MR) is 109 cm³/mol. The van der Waals surface area contributed by atoms with Crippen LogP contribution in [0.5, 0.6) is 0 Å². The highest BCUT2D eigenvalue weighted by molar-refractivity contribution is 5.91. The fourth-order valence-electron chi connectivity index (χ4n) is 7.93. The standard InChI is InChI=1S/C25H36O/c1-5-7-13-24(4)16-17(3)23-22-10-8-18-15-19(26)9-11-20(18)21(22)12-14-25(23,24)6-2/h6-7,13,15,17,20-23H,2,5,8-12,14,16H2,1,3-4H3/b13-7-/t17-,20?,21?,22?,23?,24+,25?/m0/s1. The van der Waals surface area contributed by atoms with Gasteiger partial charge in [-0.1, -0.05) is 44.6 Å². The zero-order valence-corrected chi connectivity index (χ0v) is 17.0. The van der Waals surface area contributed by atoms with Crippen molar-refractivity contribution in [1.82, 2.24) is 0 Å². The van der Waals surface area contributed by atoms with Crippen LogP contribution in [0.2, 0.25) is 0 Å². The normalized spacial score (nSPS) is 47.9. The van der Waals surface area contributed by atoms with Crippen molar-refractivity contribution >= 4 is 5.78 Å². The van der Waals surface area contributed by atoms with Crippen LogP contribution in [0.4, 0.5) is 0 Å². The number of carbonyl (C=O) groups excluding carboxylic acids is 1. The van der Waals surface area contributed by atoms with Crippen LogP contribution in [0.15, 0.2) is 36.5 Å². The van der Waals surface area contributed by atoms with Crippen molar-refractivity contribution in [2.24, 2.45) is 40.4 Å². The van der Waals surface area contributed by atoms with Gasteiger partial charge in [0.2, 0.25) is 0 Å². The topological polar surface area (TPSA) is 17.1 Å². The van der Waals surface area contributed by atoms with E-state index >= 15 is 0 Å². The van der Waals surface area contributed by atoms with E-state index in [1.165, 1.54) is 31.3 Å². The van der Waals surface area contributed by atoms with Gasteiger partial charge in [-0.3, -0.25) is 4.79 Å². The van der Waals surface area contributed by atoms with Crippen LogP contribution in [0.25, 0.3) is 0 Å². The summed E-state index contributed by atoms with van der Waals surface area (Å²) in [5, 5.41) is 0. The number of rotatable bonds is 3. The van der Waals surface area contributed by atoms with E-state index in [0.717, 1.165) is 49.4 Å². The molecule has 4 rings (SSSR count). The Labute approximate surface area is 160 Å². The molecule has 0 aliphatic heterocycles. The van der Waals surface area contributed by atoms with Gasteiger partial charge in [-0.25, -0.2) is 0 Å². The van der Waals surface area contributed by atoms with Gasteiger partial charge in [-0.15, -0.1) is 6.58 Å². The zero-order valence-electron chi connectivity index (χ0n) is 17.0. The average molecular weight is 353 g/mol. The molecule has 0 heterocycles. The van der Waals surface area contributed by atoms with Crippen molar-refractivity contribution in [2.75, 3.05) is 0 Å². The van der Waals surface area contributed by atoms with Gasteiger partial charge in [0.15, 0.2) is 5.78 Å². The summed E-state index contributed by atoms with van der Waals surface area (Å²) in [5.41, 5.74) is 2.02. The van der Waals surface area contributed by atoms with E-state index in [4.69, 9.17) is 0 Å². The SMILES string of the molecule is C=CC12CCC3C4CCC(=O)C=C4CCC3C1[C@@H](C)C[C@@]2(C)/C=C\CC. The molecule has 4 aliphatic rings. The number of fused-ring (bicyclic) bond motifs is 5. The van der Waals surface area contributed by atoms with Gasteiger partial charge in [0, 0.05) is 11.8 Å². The monoisotopic (exact) mass is 352 g/mol. The lowest BCUT2D eigenvalue weighted by molar-refractivity contribution is -0.116. The Balaban J connectivity index is 1.70. The van der Waals surface area contributed by atoms with E-state index in [0.29, 0.717) is 11.7 Å². The lowest BCUT2D eigenvalue weighted by atomic mass is 9.47. The molecule has 3 saturated carbocycles. The lowest BCUT2D eigenvalue weighted by Crippen LogP contribution is -2.50. The maximum absolute atomic E-state index is 11.9. The maximum atomic E-state index is 11.9. The molecule has 26 heavy (non-hydrogen) atoms. The molecule has 4 aliphatic carbocycles. The quantitative estimate of drug-likeness (QED) is 0.529. The molecule has 142 valence electrons. The Hall–Kier alpha value is -1.11. The first-order chi connectivity index (χ1) is 12.5. The molecule has 3 fully saturated rings. The van der Waals surface area contributed by atoms with E-state index in [1.54, 1.807) is 0 Å². The number of hydrogen-bond acceptors (Lipinski definition) is 1. The molecule has 0 spiro atoms. The third-order valence-corrected chi connectivity index (χ3v) is 8.81. The third kappa shape index (κ3) is 2.45. The summed E-state index contributed by atoms with van der Waals surface area (Å²) in [7, 11) is 0. The average Bonchev–Trinajstić information content (AvgIpc) is 2.87. The minimum absolute atomic E-state index is 0.262. The van der Waals surface area contributed by atoms with Crippen molar-refractivity contribution < 1.29 is 4.79 Å². The van der Waals surface area contributed by atoms with Crippen molar-refractivity contribution in [3.8, 4) is 0 Å². The highest BCUT2D eigenvalue weighted by Gasteiger charge is 2.63. The summed E-state index contributed by atoms with van der Waals surface area (Å²) in [5.74, 6) is 4.23. The van der Waals surface area contributed by atoms with Gasteiger partial charge in [0.05, 0.1) is 0 Å². The smallest absolute Gasteiger partial charge is 0.155 e. The molecule has 0 amide bonds. The molecule has 7 atom stereocenters. The fourth-order valence-corrected chi connectivity index (χ4v) is 7.93. The fraction of sp³-hybridized carbons (Fsp3) is 0.720. The van der Waals surface area contributed by atoms with Crippen LogP contribution >= 0.6 is 0 Å². The molecule has 5 unspecified atom stereocenters. The highest BCUT2D eigenvalue weighted by Crippen LogP contribution is 2.70. The van der Waals surface area contributed by atoms with Crippen LogP contribution in [0, 0.1) is 40.4 Å². The summed E-state index contributed by atoms with van der Waals surface area (Å²) < 4.78 is 0. The van der Waals surface area contributed by atoms with Crippen LogP contribution in [-0.2, 0) is 4.79 Å². The van der Waals surface area contributed by atoms with Crippen LogP contribution in [0.3, 0.4) is 0 Å². The van der Waals surface area contributed by atoms with Gasteiger partial charge in [-0.2, -0.15) is 0 Å². The summed E-state index contributed by atoms with van der Waals surface area (Å²) in [6.07, 6.45) is 18.7. The Morgan fingerprint density at radius 1 is 1.23 bits per heavy atom. The molecule has 1 nitrogen and oxygen atoms in total.